The summed E-state index contributed by atoms with van der Waals surface area (Å²) in [6.45, 7) is 5.12. The molecule has 0 atom stereocenters. The number of carbonyl (C=O) groups is 1. The van der Waals surface area contributed by atoms with E-state index in [0.717, 1.165) is 24.4 Å². The molecule has 0 bridgehead atoms. The van der Waals surface area contributed by atoms with Gasteiger partial charge in [0.2, 0.25) is 5.95 Å². The van der Waals surface area contributed by atoms with E-state index in [0.29, 0.717) is 18.3 Å². The Hall–Kier alpha value is -2.97. The quantitative estimate of drug-likeness (QED) is 0.577. The molecule has 1 aromatic heterocycles. The van der Waals surface area contributed by atoms with Gasteiger partial charge >= 0.3 is 6.03 Å². The van der Waals surface area contributed by atoms with Crippen molar-refractivity contribution in [3.05, 3.63) is 41.6 Å². The van der Waals surface area contributed by atoms with Crippen molar-refractivity contribution in [3.8, 4) is 0 Å². The Balaban J connectivity index is 1.80. The fourth-order valence-electron chi connectivity index (χ4n) is 2.04. The molecular formula is C16H20F2N6O. The molecule has 0 saturated carbocycles. The number of amides is 2. The summed E-state index contributed by atoms with van der Waals surface area (Å²) in [5, 5.41) is 10.7. The van der Waals surface area contributed by atoms with Crippen LogP contribution in [-0.2, 0) is 0 Å². The average Bonchev–Trinajstić information content (AvgIpc) is 2.55. The molecule has 2 rings (SSSR count). The molecule has 1 aromatic carbocycles. The summed E-state index contributed by atoms with van der Waals surface area (Å²) in [4.78, 5) is 20.2. The lowest BCUT2D eigenvalue weighted by Gasteiger charge is -2.11. The van der Waals surface area contributed by atoms with E-state index in [4.69, 9.17) is 0 Å². The van der Waals surface area contributed by atoms with Crippen molar-refractivity contribution in [2.75, 3.05) is 35.6 Å². The topological polar surface area (TPSA) is 91.0 Å². The Morgan fingerprint density at radius 1 is 1.12 bits per heavy atom. The number of carbonyl (C=O) groups excluding carboxylic acids is 1. The first kappa shape index (κ1) is 18.4. The molecule has 0 spiro atoms. The molecule has 2 aromatic rings. The maximum atomic E-state index is 13.4. The van der Waals surface area contributed by atoms with Crippen molar-refractivity contribution in [2.45, 2.75) is 13.8 Å². The van der Waals surface area contributed by atoms with Crippen LogP contribution in [-0.4, -0.2) is 35.6 Å². The van der Waals surface area contributed by atoms with Gasteiger partial charge in [-0.15, -0.1) is 0 Å². The number of para-hydroxylation sites is 1. The maximum absolute atomic E-state index is 13.4. The number of rotatable bonds is 7. The van der Waals surface area contributed by atoms with Crippen LogP contribution in [0.5, 0.6) is 0 Å². The maximum Gasteiger partial charge on any atom is 0.319 e. The number of nitrogens with one attached hydrogen (secondary N) is 4. The normalized spacial score (nSPS) is 10.2. The molecule has 0 aliphatic rings. The summed E-state index contributed by atoms with van der Waals surface area (Å²) in [5.74, 6) is -0.536. The van der Waals surface area contributed by atoms with E-state index in [1.54, 1.807) is 0 Å². The number of hydrogen-bond acceptors (Lipinski definition) is 5. The van der Waals surface area contributed by atoms with E-state index < -0.39 is 23.4 Å². The van der Waals surface area contributed by atoms with Gasteiger partial charge in [-0.1, -0.05) is 6.07 Å². The molecule has 0 aliphatic heterocycles. The lowest BCUT2D eigenvalue weighted by atomic mass is 10.3. The highest BCUT2D eigenvalue weighted by molar-refractivity contribution is 5.89. The van der Waals surface area contributed by atoms with Gasteiger partial charge < -0.3 is 21.3 Å². The van der Waals surface area contributed by atoms with Crippen molar-refractivity contribution in [1.29, 1.82) is 0 Å². The Kier molecular flexibility index (Phi) is 6.44. The minimum atomic E-state index is -0.836. The number of benzene rings is 1. The smallest absolute Gasteiger partial charge is 0.319 e. The molecule has 0 radical (unpaired) electrons. The lowest BCUT2D eigenvalue weighted by molar-refractivity contribution is 0.252. The minimum absolute atomic E-state index is 0.218. The fourth-order valence-corrected chi connectivity index (χ4v) is 2.04. The van der Waals surface area contributed by atoms with Crippen LogP contribution in [0.1, 0.15) is 12.6 Å². The lowest BCUT2D eigenvalue weighted by Crippen LogP contribution is -2.33. The zero-order valence-electron chi connectivity index (χ0n) is 14.0. The monoisotopic (exact) mass is 350 g/mol. The summed E-state index contributed by atoms with van der Waals surface area (Å²) >= 11 is 0. The van der Waals surface area contributed by atoms with Gasteiger partial charge in [0.1, 0.15) is 23.1 Å². The van der Waals surface area contributed by atoms with Gasteiger partial charge in [0, 0.05) is 31.4 Å². The number of aromatic nitrogens is 2. The average molecular weight is 350 g/mol. The van der Waals surface area contributed by atoms with Crippen molar-refractivity contribution >= 4 is 23.5 Å². The van der Waals surface area contributed by atoms with E-state index in [1.807, 2.05) is 19.9 Å². The zero-order valence-corrected chi connectivity index (χ0v) is 14.0. The number of anilines is 3. The van der Waals surface area contributed by atoms with Crippen LogP contribution in [0.25, 0.3) is 0 Å². The van der Waals surface area contributed by atoms with Gasteiger partial charge in [0.25, 0.3) is 0 Å². The molecule has 134 valence electrons. The molecule has 1 heterocycles. The summed E-state index contributed by atoms with van der Waals surface area (Å²) in [7, 11) is 0. The van der Waals surface area contributed by atoms with Crippen LogP contribution < -0.4 is 21.3 Å². The highest BCUT2D eigenvalue weighted by atomic mass is 19.1. The fraction of sp³-hybridized carbons (Fsp3) is 0.312. The molecule has 0 saturated heterocycles. The third kappa shape index (κ3) is 5.55. The Morgan fingerprint density at radius 2 is 1.84 bits per heavy atom. The zero-order chi connectivity index (χ0) is 18.2. The second kappa shape index (κ2) is 8.76. The Bertz CT molecular complexity index is 720. The molecule has 25 heavy (non-hydrogen) atoms. The van der Waals surface area contributed by atoms with Crippen LogP contribution in [0.4, 0.5) is 31.0 Å². The molecule has 2 amide bonds. The SMILES string of the molecule is CCNc1cc(C)nc(NCCNC(=O)Nc2c(F)cccc2F)n1. The molecule has 9 heteroatoms. The first-order valence-corrected chi connectivity index (χ1v) is 7.82. The van der Waals surface area contributed by atoms with Gasteiger partial charge in [-0.2, -0.15) is 4.98 Å². The van der Waals surface area contributed by atoms with Crippen molar-refractivity contribution < 1.29 is 13.6 Å². The molecule has 4 N–H and O–H groups in total. The van der Waals surface area contributed by atoms with Crippen LogP contribution >= 0.6 is 0 Å². The van der Waals surface area contributed by atoms with Crippen LogP contribution in [0.3, 0.4) is 0 Å². The molecule has 7 nitrogen and oxygen atoms in total. The number of urea groups is 1. The highest BCUT2D eigenvalue weighted by Crippen LogP contribution is 2.17. The summed E-state index contributed by atoms with van der Waals surface area (Å²) in [6, 6.07) is 4.48. The first-order valence-electron chi connectivity index (χ1n) is 7.82. The third-order valence-electron chi connectivity index (χ3n) is 3.11. The predicted octanol–water partition coefficient (Wildman–Crippen LogP) is 2.73. The molecule has 0 unspecified atom stereocenters. The second-order valence-corrected chi connectivity index (χ2v) is 5.15. The van der Waals surface area contributed by atoms with Gasteiger partial charge in [0.15, 0.2) is 0 Å². The van der Waals surface area contributed by atoms with E-state index in [1.165, 1.54) is 6.07 Å². The van der Waals surface area contributed by atoms with E-state index >= 15 is 0 Å². The molecule has 0 aliphatic carbocycles. The largest absolute Gasteiger partial charge is 0.370 e. The van der Waals surface area contributed by atoms with Crippen LogP contribution in [0, 0.1) is 18.6 Å². The number of aryl methyl sites for hydroxylation is 1. The third-order valence-corrected chi connectivity index (χ3v) is 3.11. The van der Waals surface area contributed by atoms with E-state index in [9.17, 15) is 13.6 Å². The van der Waals surface area contributed by atoms with Crippen molar-refractivity contribution in [2.24, 2.45) is 0 Å². The second-order valence-electron chi connectivity index (χ2n) is 5.15. The summed E-state index contributed by atoms with van der Waals surface area (Å²) in [5.41, 5.74) is 0.319. The highest BCUT2D eigenvalue weighted by Gasteiger charge is 2.11. The van der Waals surface area contributed by atoms with E-state index in [-0.39, 0.29) is 6.54 Å². The van der Waals surface area contributed by atoms with E-state index in [2.05, 4.69) is 31.2 Å². The summed E-state index contributed by atoms with van der Waals surface area (Å²) in [6.07, 6.45) is 0. The summed E-state index contributed by atoms with van der Waals surface area (Å²) < 4.78 is 26.9. The Morgan fingerprint density at radius 3 is 2.52 bits per heavy atom. The van der Waals surface area contributed by atoms with Gasteiger partial charge in [-0.3, -0.25) is 0 Å². The molecular weight excluding hydrogens is 330 g/mol. The number of nitrogens with zero attached hydrogens (tertiary/aromatic N) is 2. The number of hydrogen-bond donors (Lipinski definition) is 4. The Labute approximate surface area is 144 Å². The molecule has 0 fully saturated rings. The van der Waals surface area contributed by atoms with Crippen LogP contribution in [0.2, 0.25) is 0 Å². The predicted molar refractivity (Wildman–Crippen MR) is 92.8 cm³/mol. The van der Waals surface area contributed by atoms with Crippen LogP contribution in [0.15, 0.2) is 24.3 Å². The van der Waals surface area contributed by atoms with Crippen molar-refractivity contribution in [1.82, 2.24) is 15.3 Å². The van der Waals surface area contributed by atoms with Crippen molar-refractivity contribution in [3.63, 3.8) is 0 Å². The van der Waals surface area contributed by atoms with Gasteiger partial charge in [-0.05, 0) is 26.0 Å². The van der Waals surface area contributed by atoms with Gasteiger partial charge in [-0.25, -0.2) is 18.6 Å². The first-order chi connectivity index (χ1) is 12.0. The van der Waals surface area contributed by atoms with Gasteiger partial charge in [0.05, 0.1) is 0 Å². The number of halogens is 2. The standard InChI is InChI=1S/C16H20F2N6O/c1-3-19-13-9-10(2)22-15(23-13)20-7-8-21-16(25)24-14-11(17)5-4-6-12(14)18/h4-6,9H,3,7-8H2,1-2H3,(H2,21,24,25)(H2,19,20,22,23). The minimum Gasteiger partial charge on any atom is -0.370 e.